The smallest absolute Gasteiger partial charge is 0.251 e. The van der Waals surface area contributed by atoms with Crippen molar-refractivity contribution < 1.29 is 14.6 Å². The van der Waals surface area contributed by atoms with Gasteiger partial charge in [0.15, 0.2) is 0 Å². The molecule has 1 amide bonds. The molecule has 5 nitrogen and oxygen atoms in total. The summed E-state index contributed by atoms with van der Waals surface area (Å²) >= 11 is 0. The van der Waals surface area contributed by atoms with Crippen LogP contribution < -0.4 is 10.1 Å². The molecule has 0 saturated heterocycles. The number of nitrogens with one attached hydrogen (secondary N) is 1. The highest BCUT2D eigenvalue weighted by Crippen LogP contribution is 2.31. The van der Waals surface area contributed by atoms with E-state index in [1.165, 1.54) is 0 Å². The molecule has 1 aliphatic carbocycles. The summed E-state index contributed by atoms with van der Waals surface area (Å²) in [6.07, 6.45) is 3.25. The minimum atomic E-state index is -0.607. The normalized spacial score (nSPS) is 18.2. The van der Waals surface area contributed by atoms with Crippen LogP contribution in [0.3, 0.4) is 0 Å². The summed E-state index contributed by atoms with van der Waals surface area (Å²) in [5.41, 5.74) is 2.57. The molecule has 0 radical (unpaired) electrons. The summed E-state index contributed by atoms with van der Waals surface area (Å²) in [5.74, 6) is 1.04. The van der Waals surface area contributed by atoms with E-state index in [2.05, 4.69) is 10.3 Å². The molecule has 130 valence electrons. The molecule has 1 heterocycles. The monoisotopic (exact) mass is 346 g/mol. The molecule has 0 unspecified atom stereocenters. The molecule has 2 aromatic carbocycles. The van der Waals surface area contributed by atoms with Crippen LogP contribution in [0.5, 0.6) is 11.5 Å². The quantitative estimate of drug-likeness (QED) is 0.761. The average molecular weight is 346 g/mol. The van der Waals surface area contributed by atoms with E-state index in [1.54, 1.807) is 42.7 Å². The Balaban J connectivity index is 1.45. The van der Waals surface area contributed by atoms with Crippen molar-refractivity contribution in [3.8, 4) is 11.5 Å². The number of pyridine rings is 1. The maximum atomic E-state index is 12.6. The van der Waals surface area contributed by atoms with Gasteiger partial charge in [-0.1, -0.05) is 24.3 Å². The molecule has 1 aliphatic rings. The lowest BCUT2D eigenvalue weighted by molar-refractivity contribution is 0.0858. The van der Waals surface area contributed by atoms with Crippen molar-refractivity contribution in [3.05, 3.63) is 89.7 Å². The van der Waals surface area contributed by atoms with Crippen LogP contribution in [0.1, 0.15) is 27.5 Å². The third-order valence-electron chi connectivity index (χ3n) is 4.48. The number of benzene rings is 2. The minimum absolute atomic E-state index is 0.223. The molecule has 5 heteroatoms. The molecule has 0 aliphatic heterocycles. The molecule has 0 saturated carbocycles. The maximum Gasteiger partial charge on any atom is 0.251 e. The number of rotatable bonds is 4. The van der Waals surface area contributed by atoms with Crippen LogP contribution in [0.2, 0.25) is 0 Å². The standard InChI is InChI=1S/C21H18N2O3/c24-19-12-15-4-1-2-6-18(15)20(19)23-21(25)14-7-9-16(10-8-14)26-17-5-3-11-22-13-17/h1-11,13,19-20,24H,12H2,(H,23,25)/t19-,20-/m1/s1. The molecule has 0 bridgehead atoms. The van der Waals surface area contributed by atoms with Crippen LogP contribution >= 0.6 is 0 Å². The predicted octanol–water partition coefficient (Wildman–Crippen LogP) is 3.26. The fourth-order valence-electron chi connectivity index (χ4n) is 3.19. The summed E-state index contributed by atoms with van der Waals surface area (Å²) in [5, 5.41) is 13.2. The molecule has 1 aromatic heterocycles. The van der Waals surface area contributed by atoms with Gasteiger partial charge in [0, 0.05) is 18.2 Å². The zero-order valence-corrected chi connectivity index (χ0v) is 14.0. The first-order valence-electron chi connectivity index (χ1n) is 8.45. The Hall–Kier alpha value is -3.18. The van der Waals surface area contributed by atoms with Gasteiger partial charge in [0.1, 0.15) is 11.5 Å². The minimum Gasteiger partial charge on any atom is -0.456 e. The van der Waals surface area contributed by atoms with E-state index in [4.69, 9.17) is 4.74 Å². The molecule has 26 heavy (non-hydrogen) atoms. The zero-order valence-electron chi connectivity index (χ0n) is 14.0. The molecule has 0 spiro atoms. The molecule has 4 rings (SSSR count). The van der Waals surface area contributed by atoms with Crippen LogP contribution in [-0.2, 0) is 6.42 Å². The fourth-order valence-corrected chi connectivity index (χ4v) is 3.19. The van der Waals surface area contributed by atoms with E-state index in [1.807, 2.05) is 30.3 Å². The number of aromatic nitrogens is 1. The molecule has 2 atom stereocenters. The number of aliphatic hydroxyl groups is 1. The van der Waals surface area contributed by atoms with Crippen molar-refractivity contribution in [1.82, 2.24) is 10.3 Å². The second-order valence-corrected chi connectivity index (χ2v) is 6.24. The van der Waals surface area contributed by atoms with Gasteiger partial charge >= 0.3 is 0 Å². The van der Waals surface area contributed by atoms with E-state index in [-0.39, 0.29) is 11.9 Å². The van der Waals surface area contributed by atoms with Crippen molar-refractivity contribution >= 4 is 5.91 Å². The lowest BCUT2D eigenvalue weighted by Gasteiger charge is -2.18. The molecule has 2 N–H and O–H groups in total. The highest BCUT2D eigenvalue weighted by atomic mass is 16.5. The Labute approximate surface area is 151 Å². The first kappa shape index (κ1) is 16.3. The largest absolute Gasteiger partial charge is 0.456 e. The second-order valence-electron chi connectivity index (χ2n) is 6.24. The predicted molar refractivity (Wildman–Crippen MR) is 97.1 cm³/mol. The van der Waals surface area contributed by atoms with Crippen LogP contribution in [0.15, 0.2) is 73.1 Å². The number of amides is 1. The van der Waals surface area contributed by atoms with Crippen molar-refractivity contribution in [3.63, 3.8) is 0 Å². The fraction of sp³-hybridized carbons (Fsp3) is 0.143. The number of nitrogens with zero attached hydrogens (tertiary/aromatic N) is 1. The lowest BCUT2D eigenvalue weighted by Crippen LogP contribution is -2.33. The molecule has 0 fully saturated rings. The van der Waals surface area contributed by atoms with Crippen LogP contribution in [0, 0.1) is 0 Å². The van der Waals surface area contributed by atoms with Crippen LogP contribution in [-0.4, -0.2) is 22.1 Å². The van der Waals surface area contributed by atoms with E-state index in [0.29, 0.717) is 23.5 Å². The number of hydrogen-bond donors (Lipinski definition) is 2. The summed E-state index contributed by atoms with van der Waals surface area (Å²) < 4.78 is 5.68. The Morgan fingerprint density at radius 2 is 1.85 bits per heavy atom. The van der Waals surface area contributed by atoms with Gasteiger partial charge in [-0.05, 0) is 47.5 Å². The SMILES string of the molecule is O=C(N[C@@H]1c2ccccc2C[C@H]1O)c1ccc(Oc2cccnc2)cc1. The lowest BCUT2D eigenvalue weighted by atomic mass is 10.1. The number of aliphatic hydroxyl groups excluding tert-OH is 1. The highest BCUT2D eigenvalue weighted by Gasteiger charge is 2.31. The van der Waals surface area contributed by atoms with Crippen molar-refractivity contribution in [2.45, 2.75) is 18.6 Å². The summed E-state index contributed by atoms with van der Waals surface area (Å²) in [6.45, 7) is 0. The number of fused-ring (bicyclic) bond motifs is 1. The van der Waals surface area contributed by atoms with Gasteiger partial charge in [0.05, 0.1) is 18.3 Å². The van der Waals surface area contributed by atoms with Gasteiger partial charge in [0.25, 0.3) is 5.91 Å². The van der Waals surface area contributed by atoms with E-state index in [9.17, 15) is 9.90 Å². The van der Waals surface area contributed by atoms with E-state index in [0.717, 1.165) is 11.1 Å². The summed E-state index contributed by atoms with van der Waals surface area (Å²) in [4.78, 5) is 16.5. The Bertz CT molecular complexity index is 910. The van der Waals surface area contributed by atoms with Crippen LogP contribution in [0.4, 0.5) is 0 Å². The Morgan fingerprint density at radius 3 is 2.62 bits per heavy atom. The molecule has 3 aromatic rings. The topological polar surface area (TPSA) is 71.5 Å². The average Bonchev–Trinajstić information content (AvgIpc) is 2.98. The Kier molecular flexibility index (Phi) is 4.37. The van der Waals surface area contributed by atoms with Gasteiger partial charge in [0.2, 0.25) is 0 Å². The van der Waals surface area contributed by atoms with Crippen molar-refractivity contribution in [2.75, 3.05) is 0 Å². The van der Waals surface area contributed by atoms with E-state index >= 15 is 0 Å². The molecular formula is C21H18N2O3. The van der Waals surface area contributed by atoms with Crippen LogP contribution in [0.25, 0.3) is 0 Å². The summed E-state index contributed by atoms with van der Waals surface area (Å²) in [6, 6.07) is 17.9. The highest BCUT2D eigenvalue weighted by molar-refractivity contribution is 5.94. The third kappa shape index (κ3) is 3.30. The van der Waals surface area contributed by atoms with Gasteiger partial charge < -0.3 is 15.2 Å². The zero-order chi connectivity index (χ0) is 17.9. The van der Waals surface area contributed by atoms with E-state index < -0.39 is 6.10 Å². The first-order chi connectivity index (χ1) is 12.7. The van der Waals surface area contributed by atoms with Gasteiger partial charge in [-0.15, -0.1) is 0 Å². The van der Waals surface area contributed by atoms with Gasteiger partial charge in [-0.2, -0.15) is 0 Å². The Morgan fingerprint density at radius 1 is 1.04 bits per heavy atom. The van der Waals surface area contributed by atoms with Crippen molar-refractivity contribution in [2.24, 2.45) is 0 Å². The third-order valence-corrected chi connectivity index (χ3v) is 4.48. The second kappa shape index (κ2) is 6.98. The molecular weight excluding hydrogens is 328 g/mol. The number of carbonyl (C=O) groups is 1. The number of carbonyl (C=O) groups excluding carboxylic acids is 1. The number of hydrogen-bond acceptors (Lipinski definition) is 4. The van der Waals surface area contributed by atoms with Crippen molar-refractivity contribution in [1.29, 1.82) is 0 Å². The maximum absolute atomic E-state index is 12.6. The number of ether oxygens (including phenoxy) is 1. The summed E-state index contributed by atoms with van der Waals surface area (Å²) in [7, 11) is 0. The van der Waals surface area contributed by atoms with Gasteiger partial charge in [-0.3, -0.25) is 9.78 Å². The first-order valence-corrected chi connectivity index (χ1v) is 8.45. The van der Waals surface area contributed by atoms with Gasteiger partial charge in [-0.25, -0.2) is 0 Å².